The zero-order valence-corrected chi connectivity index (χ0v) is 12.9. The van der Waals surface area contributed by atoms with Crippen LogP contribution >= 0.6 is 0 Å². The summed E-state index contributed by atoms with van der Waals surface area (Å²) in [6, 6.07) is 9.68. The van der Waals surface area contributed by atoms with E-state index in [1.54, 1.807) is 0 Å². The van der Waals surface area contributed by atoms with Crippen LogP contribution in [0.4, 0.5) is 0 Å². The van der Waals surface area contributed by atoms with Gasteiger partial charge in [0.2, 0.25) is 0 Å². The van der Waals surface area contributed by atoms with Crippen LogP contribution in [-0.2, 0) is 6.42 Å². The van der Waals surface area contributed by atoms with Crippen LogP contribution in [-0.4, -0.2) is 34.2 Å². The largest absolute Gasteiger partial charge is 0.396 e. The monoisotopic (exact) mass is 294 g/mol. The number of hydrogen-bond donors (Lipinski definition) is 2. The second-order valence-electron chi connectivity index (χ2n) is 7.07. The van der Waals surface area contributed by atoms with Gasteiger partial charge in [0.25, 0.3) is 0 Å². The van der Waals surface area contributed by atoms with Gasteiger partial charge in [0, 0.05) is 41.7 Å². The van der Waals surface area contributed by atoms with Gasteiger partial charge in [-0.2, -0.15) is 0 Å². The Bertz CT molecular complexity index is 775. The third-order valence-corrected chi connectivity index (χ3v) is 6.33. The van der Waals surface area contributed by atoms with Crippen molar-refractivity contribution in [3.63, 3.8) is 0 Å². The van der Waals surface area contributed by atoms with Crippen LogP contribution in [0.25, 0.3) is 10.9 Å². The molecule has 2 aromatic rings. The maximum Gasteiger partial charge on any atom is 0.0514 e. The molecule has 2 unspecified atom stereocenters. The van der Waals surface area contributed by atoms with E-state index in [1.807, 2.05) is 0 Å². The maximum atomic E-state index is 9.99. The number of hydrogen-bond acceptors (Lipinski definition) is 2. The molecular weight excluding hydrogens is 272 g/mol. The molecule has 22 heavy (non-hydrogen) atoms. The lowest BCUT2D eigenvalue weighted by Gasteiger charge is -2.58. The number of rotatable bonds is 1. The number of aromatic nitrogens is 1. The Kier molecular flexibility index (Phi) is 2.62. The van der Waals surface area contributed by atoms with Gasteiger partial charge < -0.3 is 10.1 Å². The van der Waals surface area contributed by atoms with E-state index in [0.717, 1.165) is 19.4 Å². The van der Waals surface area contributed by atoms with Crippen molar-refractivity contribution in [3.8, 4) is 0 Å². The van der Waals surface area contributed by atoms with Crippen molar-refractivity contribution in [3.05, 3.63) is 47.2 Å². The fourth-order valence-electron chi connectivity index (χ4n) is 5.32. The summed E-state index contributed by atoms with van der Waals surface area (Å²) in [7, 11) is 0. The van der Waals surface area contributed by atoms with E-state index in [1.165, 1.54) is 27.7 Å². The Morgan fingerprint density at radius 2 is 2.23 bits per heavy atom. The van der Waals surface area contributed by atoms with E-state index in [9.17, 15) is 5.11 Å². The lowest BCUT2D eigenvalue weighted by Crippen LogP contribution is -2.60. The number of benzene rings is 1. The summed E-state index contributed by atoms with van der Waals surface area (Å²) in [5.74, 6) is 0.965. The van der Waals surface area contributed by atoms with Gasteiger partial charge in [-0.25, -0.2) is 0 Å². The second kappa shape index (κ2) is 4.46. The fourth-order valence-corrected chi connectivity index (χ4v) is 5.32. The number of nitrogens with one attached hydrogen (secondary N) is 1. The number of aliphatic hydroxyl groups is 1. The number of allylic oxidation sites excluding steroid dienone is 1. The topological polar surface area (TPSA) is 39.3 Å². The quantitative estimate of drug-likeness (QED) is 0.794. The molecule has 0 radical (unpaired) electrons. The molecule has 2 N–H and O–H groups in total. The van der Waals surface area contributed by atoms with Crippen molar-refractivity contribution in [1.29, 1.82) is 0 Å². The lowest BCUT2D eigenvalue weighted by molar-refractivity contribution is -0.0503. The number of aliphatic hydroxyl groups excluding tert-OH is 1. The van der Waals surface area contributed by atoms with E-state index < -0.39 is 0 Å². The van der Waals surface area contributed by atoms with E-state index >= 15 is 0 Å². The third-order valence-electron chi connectivity index (χ3n) is 6.33. The Labute approximate surface area is 130 Å². The summed E-state index contributed by atoms with van der Waals surface area (Å²) in [4.78, 5) is 6.35. The Balaban J connectivity index is 1.69. The van der Waals surface area contributed by atoms with Crippen LogP contribution in [0.15, 0.2) is 35.9 Å². The summed E-state index contributed by atoms with van der Waals surface area (Å²) in [6.45, 7) is 3.55. The van der Waals surface area contributed by atoms with E-state index in [4.69, 9.17) is 0 Å². The SMILES string of the molecule is C/C=C1/CN2[C@@H]3C[C@@H]1C(CO)[C@H]2Cc1c3[nH]c2ccccc12. The summed E-state index contributed by atoms with van der Waals surface area (Å²) in [5, 5.41) is 11.4. The molecule has 4 aliphatic heterocycles. The van der Waals surface area contributed by atoms with E-state index in [0.29, 0.717) is 30.5 Å². The zero-order valence-electron chi connectivity index (χ0n) is 12.9. The van der Waals surface area contributed by atoms with Crippen LogP contribution in [0, 0.1) is 11.8 Å². The average molecular weight is 294 g/mol. The molecule has 3 nitrogen and oxygen atoms in total. The van der Waals surface area contributed by atoms with Crippen LogP contribution < -0.4 is 0 Å². The number of H-pyrrole nitrogens is 1. The smallest absolute Gasteiger partial charge is 0.0514 e. The average Bonchev–Trinajstić information content (AvgIpc) is 2.93. The summed E-state index contributed by atoms with van der Waals surface area (Å²) in [6.07, 6.45) is 4.51. The number of piperidine rings is 3. The highest BCUT2D eigenvalue weighted by Crippen LogP contribution is 2.53. The van der Waals surface area contributed by atoms with Crippen LogP contribution in [0.5, 0.6) is 0 Å². The van der Waals surface area contributed by atoms with E-state index in [2.05, 4.69) is 47.1 Å². The van der Waals surface area contributed by atoms with Gasteiger partial charge in [-0.3, -0.25) is 4.90 Å². The molecule has 5 heterocycles. The number of fused-ring (bicyclic) bond motifs is 4. The molecule has 1 aromatic carbocycles. The first-order valence-corrected chi connectivity index (χ1v) is 8.43. The van der Waals surface area contributed by atoms with Gasteiger partial charge in [0.15, 0.2) is 0 Å². The molecule has 4 bridgehead atoms. The predicted octanol–water partition coefficient (Wildman–Crippen LogP) is 3.02. The molecule has 3 saturated heterocycles. The Morgan fingerprint density at radius 1 is 1.36 bits per heavy atom. The highest BCUT2D eigenvalue weighted by atomic mass is 16.3. The molecule has 0 spiro atoms. The van der Waals surface area contributed by atoms with E-state index in [-0.39, 0.29) is 0 Å². The van der Waals surface area contributed by atoms with Gasteiger partial charge in [0.1, 0.15) is 0 Å². The molecular formula is C19H22N2O. The van der Waals surface area contributed by atoms with Crippen molar-refractivity contribution in [2.24, 2.45) is 11.8 Å². The minimum absolute atomic E-state index is 0.313. The van der Waals surface area contributed by atoms with Crippen LogP contribution in [0.1, 0.15) is 30.6 Å². The van der Waals surface area contributed by atoms with Crippen molar-refractivity contribution in [2.45, 2.75) is 31.8 Å². The first kappa shape index (κ1) is 12.9. The zero-order chi connectivity index (χ0) is 14.8. The normalized spacial score (nSPS) is 37.7. The molecule has 0 saturated carbocycles. The standard InChI is InChI=1S/C19H22N2O/c1-2-11-9-21-17-8-14-12-5-3-4-6-16(12)20-19(14)18(21)7-13(11)15(17)10-22/h2-6,13,15,17-18,20,22H,7-10H2,1H3/b11-2-/t13-,15?,17+,18+/m0/s1. The second-order valence-corrected chi connectivity index (χ2v) is 7.07. The van der Waals surface area contributed by atoms with Gasteiger partial charge >= 0.3 is 0 Å². The van der Waals surface area contributed by atoms with Gasteiger partial charge in [-0.1, -0.05) is 29.8 Å². The Morgan fingerprint density at radius 3 is 3.05 bits per heavy atom. The van der Waals surface area contributed by atoms with Crippen LogP contribution in [0.2, 0.25) is 0 Å². The molecule has 4 aliphatic rings. The van der Waals surface area contributed by atoms with Crippen molar-refractivity contribution in [1.82, 2.24) is 9.88 Å². The van der Waals surface area contributed by atoms with Crippen molar-refractivity contribution < 1.29 is 5.11 Å². The minimum atomic E-state index is 0.313. The minimum Gasteiger partial charge on any atom is -0.396 e. The maximum absolute atomic E-state index is 9.99. The summed E-state index contributed by atoms with van der Waals surface area (Å²) in [5.41, 5.74) is 5.74. The van der Waals surface area contributed by atoms with Crippen LogP contribution in [0.3, 0.4) is 0 Å². The number of para-hydroxylation sites is 1. The van der Waals surface area contributed by atoms with Gasteiger partial charge in [-0.15, -0.1) is 0 Å². The van der Waals surface area contributed by atoms with Gasteiger partial charge in [-0.05, 0) is 37.3 Å². The molecule has 0 amide bonds. The number of nitrogens with zero attached hydrogens (tertiary/aromatic N) is 1. The summed E-state index contributed by atoms with van der Waals surface area (Å²) < 4.78 is 0. The highest BCUT2D eigenvalue weighted by Gasteiger charge is 2.52. The molecule has 3 fully saturated rings. The highest BCUT2D eigenvalue weighted by molar-refractivity contribution is 5.85. The Hall–Kier alpha value is -1.58. The molecule has 6 rings (SSSR count). The molecule has 3 heteroatoms. The van der Waals surface area contributed by atoms with Gasteiger partial charge in [0.05, 0.1) is 6.04 Å². The lowest BCUT2D eigenvalue weighted by atomic mass is 9.64. The first-order valence-electron chi connectivity index (χ1n) is 8.43. The third kappa shape index (κ3) is 1.48. The molecule has 114 valence electrons. The first-order chi connectivity index (χ1) is 10.8. The van der Waals surface area contributed by atoms with Crippen molar-refractivity contribution >= 4 is 10.9 Å². The number of aromatic amines is 1. The molecule has 1 aromatic heterocycles. The van der Waals surface area contributed by atoms with Crippen molar-refractivity contribution in [2.75, 3.05) is 13.2 Å². The predicted molar refractivity (Wildman–Crippen MR) is 87.7 cm³/mol. The molecule has 0 aliphatic carbocycles. The fraction of sp³-hybridized carbons (Fsp3) is 0.474. The summed E-state index contributed by atoms with van der Waals surface area (Å²) >= 11 is 0. The molecule has 5 atom stereocenters.